The highest BCUT2D eigenvalue weighted by Crippen LogP contribution is 2.19. The molecule has 0 amide bonds. The molecule has 1 heterocycles. The van der Waals surface area contributed by atoms with Gasteiger partial charge in [0.1, 0.15) is 0 Å². The lowest BCUT2D eigenvalue weighted by Gasteiger charge is -2.07. The largest absolute Gasteiger partial charge is 0.490 e. The van der Waals surface area contributed by atoms with Crippen LogP contribution in [0.4, 0.5) is 9.52 Å². The van der Waals surface area contributed by atoms with E-state index in [9.17, 15) is 4.39 Å². The van der Waals surface area contributed by atoms with E-state index in [0.29, 0.717) is 6.61 Å². The van der Waals surface area contributed by atoms with E-state index in [-0.39, 0.29) is 11.6 Å². The Morgan fingerprint density at radius 2 is 2.27 bits per heavy atom. The molecular weight excluding hydrogens is 301 g/mol. The van der Waals surface area contributed by atoms with Crippen molar-refractivity contribution in [3.05, 3.63) is 40.7 Å². The summed E-state index contributed by atoms with van der Waals surface area (Å²) in [6.07, 6.45) is 4.74. The highest BCUT2D eigenvalue weighted by atomic mass is 32.1. The first kappa shape index (κ1) is 16.4. The molecule has 2 aromatic rings. The second-order valence-electron chi connectivity index (χ2n) is 4.91. The molecular formula is C16H20FN3OS. The fourth-order valence-corrected chi connectivity index (χ4v) is 2.45. The lowest BCUT2D eigenvalue weighted by molar-refractivity contribution is 0.291. The molecule has 0 saturated heterocycles. The highest BCUT2D eigenvalue weighted by Gasteiger charge is 2.04. The molecule has 0 radical (unpaired) electrons. The number of rotatable bonds is 8. The topological polar surface area (TPSA) is 46.5 Å². The summed E-state index contributed by atoms with van der Waals surface area (Å²) in [7, 11) is 0. The third kappa shape index (κ3) is 5.11. The number of nitrogens with zero attached hydrogens (tertiary/aromatic N) is 2. The van der Waals surface area contributed by atoms with Gasteiger partial charge in [-0.15, -0.1) is 11.3 Å². The lowest BCUT2D eigenvalue weighted by atomic mass is 10.2. The normalized spacial score (nSPS) is 11.0. The first-order valence-electron chi connectivity index (χ1n) is 7.32. The number of hydrogen-bond donors (Lipinski definition) is 1. The summed E-state index contributed by atoms with van der Waals surface area (Å²) in [4.78, 5) is 4.24. The van der Waals surface area contributed by atoms with Crippen LogP contribution in [0.3, 0.4) is 0 Å². The van der Waals surface area contributed by atoms with E-state index in [1.165, 1.54) is 17.4 Å². The molecule has 4 nitrogen and oxygen atoms in total. The number of aryl methyl sites for hydroxylation is 1. The maximum absolute atomic E-state index is 13.7. The van der Waals surface area contributed by atoms with Gasteiger partial charge in [0.2, 0.25) is 5.13 Å². The Labute approximate surface area is 134 Å². The number of ether oxygens (including phenoxy) is 1. The average molecular weight is 321 g/mol. The second kappa shape index (κ2) is 8.48. The number of unbranched alkanes of at least 4 members (excludes halogenated alkanes) is 2. The quantitative estimate of drug-likeness (QED) is 0.439. The van der Waals surface area contributed by atoms with E-state index >= 15 is 0 Å². The summed E-state index contributed by atoms with van der Waals surface area (Å²) in [5, 5.41) is 6.77. The molecule has 2 rings (SSSR count). The number of hydrazone groups is 1. The Kier molecular flexibility index (Phi) is 6.33. The highest BCUT2D eigenvalue weighted by molar-refractivity contribution is 7.13. The van der Waals surface area contributed by atoms with Gasteiger partial charge >= 0.3 is 0 Å². The Balaban J connectivity index is 1.93. The average Bonchev–Trinajstić information content (AvgIpc) is 2.92. The zero-order chi connectivity index (χ0) is 15.8. The minimum Gasteiger partial charge on any atom is -0.490 e. The van der Waals surface area contributed by atoms with Crippen LogP contribution in [0.25, 0.3) is 0 Å². The van der Waals surface area contributed by atoms with Gasteiger partial charge in [-0.3, -0.25) is 5.43 Å². The molecule has 0 aliphatic rings. The number of anilines is 1. The van der Waals surface area contributed by atoms with Crippen LogP contribution in [0.1, 0.15) is 37.4 Å². The van der Waals surface area contributed by atoms with Crippen molar-refractivity contribution >= 4 is 22.7 Å². The van der Waals surface area contributed by atoms with Crippen molar-refractivity contribution in [2.24, 2.45) is 5.10 Å². The Hall–Kier alpha value is -1.95. The molecule has 0 aliphatic carbocycles. The van der Waals surface area contributed by atoms with Crippen molar-refractivity contribution in [2.75, 3.05) is 12.0 Å². The van der Waals surface area contributed by atoms with Crippen LogP contribution in [0.5, 0.6) is 5.75 Å². The van der Waals surface area contributed by atoms with E-state index in [1.54, 1.807) is 18.3 Å². The third-order valence-corrected chi connectivity index (χ3v) is 3.82. The summed E-state index contributed by atoms with van der Waals surface area (Å²) in [6, 6.07) is 4.70. The summed E-state index contributed by atoms with van der Waals surface area (Å²) in [5.74, 6) is -0.0812. The molecule has 118 valence electrons. The van der Waals surface area contributed by atoms with Crippen molar-refractivity contribution in [3.8, 4) is 5.75 Å². The van der Waals surface area contributed by atoms with E-state index in [1.807, 2.05) is 12.3 Å². The van der Waals surface area contributed by atoms with Crippen molar-refractivity contribution in [2.45, 2.75) is 33.1 Å². The lowest BCUT2D eigenvalue weighted by Crippen LogP contribution is -2.00. The standard InChI is InChI=1S/C16H20FN3OS/c1-3-4-5-8-21-15-9-13(6-7-14(15)17)10-18-20-16-19-12(2)11-22-16/h6-7,9-11H,3-5,8H2,1-2H3,(H,19,20). The molecule has 0 atom stereocenters. The van der Waals surface area contributed by atoms with Gasteiger partial charge < -0.3 is 4.74 Å². The molecule has 1 aromatic carbocycles. The predicted molar refractivity (Wildman–Crippen MR) is 89.5 cm³/mol. The van der Waals surface area contributed by atoms with Gasteiger partial charge in [0.05, 0.1) is 18.5 Å². The van der Waals surface area contributed by atoms with Gasteiger partial charge in [0.15, 0.2) is 11.6 Å². The number of hydrogen-bond acceptors (Lipinski definition) is 5. The number of aromatic nitrogens is 1. The van der Waals surface area contributed by atoms with Crippen molar-refractivity contribution in [1.82, 2.24) is 4.98 Å². The molecule has 0 saturated carbocycles. The molecule has 1 N–H and O–H groups in total. The smallest absolute Gasteiger partial charge is 0.203 e. The molecule has 6 heteroatoms. The zero-order valence-corrected chi connectivity index (χ0v) is 13.6. The SMILES string of the molecule is CCCCCOc1cc(C=NNc2nc(C)cs2)ccc1F. The molecule has 1 aromatic heterocycles. The van der Waals surface area contributed by atoms with Gasteiger partial charge in [0.25, 0.3) is 0 Å². The summed E-state index contributed by atoms with van der Waals surface area (Å²) in [5.41, 5.74) is 4.57. The van der Waals surface area contributed by atoms with Crippen molar-refractivity contribution in [1.29, 1.82) is 0 Å². The van der Waals surface area contributed by atoms with E-state index in [4.69, 9.17) is 4.74 Å². The van der Waals surface area contributed by atoms with Crippen molar-refractivity contribution in [3.63, 3.8) is 0 Å². The van der Waals surface area contributed by atoms with Gasteiger partial charge in [-0.1, -0.05) is 25.8 Å². The molecule has 0 spiro atoms. The Morgan fingerprint density at radius 1 is 1.41 bits per heavy atom. The minimum atomic E-state index is -0.350. The third-order valence-electron chi connectivity index (χ3n) is 2.95. The number of halogens is 1. The number of thiazole rings is 1. The van der Waals surface area contributed by atoms with Crippen LogP contribution < -0.4 is 10.2 Å². The maximum Gasteiger partial charge on any atom is 0.203 e. The van der Waals surface area contributed by atoms with Gasteiger partial charge in [-0.25, -0.2) is 9.37 Å². The van der Waals surface area contributed by atoms with Crippen LogP contribution in [0.15, 0.2) is 28.7 Å². The van der Waals surface area contributed by atoms with Crippen LogP contribution in [0.2, 0.25) is 0 Å². The molecule has 0 unspecified atom stereocenters. The first-order chi connectivity index (χ1) is 10.7. The summed E-state index contributed by atoms with van der Waals surface area (Å²) >= 11 is 1.49. The second-order valence-corrected chi connectivity index (χ2v) is 5.77. The summed E-state index contributed by atoms with van der Waals surface area (Å²) < 4.78 is 19.2. The van der Waals surface area contributed by atoms with Gasteiger partial charge in [0, 0.05) is 5.38 Å². The van der Waals surface area contributed by atoms with Crippen LogP contribution in [-0.4, -0.2) is 17.8 Å². The number of benzene rings is 1. The van der Waals surface area contributed by atoms with E-state index in [0.717, 1.165) is 35.7 Å². The fraction of sp³-hybridized carbons (Fsp3) is 0.375. The first-order valence-corrected chi connectivity index (χ1v) is 8.20. The van der Waals surface area contributed by atoms with Crippen molar-refractivity contribution < 1.29 is 9.13 Å². The zero-order valence-electron chi connectivity index (χ0n) is 12.8. The van der Waals surface area contributed by atoms with Gasteiger partial charge in [-0.05, 0) is 31.0 Å². The van der Waals surface area contributed by atoms with E-state index in [2.05, 4.69) is 22.4 Å². The fourth-order valence-electron chi connectivity index (χ4n) is 1.81. The van der Waals surface area contributed by atoms with E-state index < -0.39 is 0 Å². The Morgan fingerprint density at radius 3 is 3.00 bits per heavy atom. The Bertz CT molecular complexity index is 628. The van der Waals surface area contributed by atoms with Crippen LogP contribution in [0, 0.1) is 12.7 Å². The van der Waals surface area contributed by atoms with Crippen LogP contribution >= 0.6 is 11.3 Å². The molecule has 0 bridgehead atoms. The minimum absolute atomic E-state index is 0.269. The van der Waals surface area contributed by atoms with Crippen LogP contribution in [-0.2, 0) is 0 Å². The molecule has 22 heavy (non-hydrogen) atoms. The maximum atomic E-state index is 13.7. The molecule has 0 fully saturated rings. The predicted octanol–water partition coefficient (Wildman–Crippen LogP) is 4.61. The summed E-state index contributed by atoms with van der Waals surface area (Å²) in [6.45, 7) is 4.57. The monoisotopic (exact) mass is 321 g/mol. The van der Waals surface area contributed by atoms with Gasteiger partial charge in [-0.2, -0.15) is 5.10 Å². The molecule has 0 aliphatic heterocycles. The number of nitrogens with one attached hydrogen (secondary N) is 1.